The van der Waals surface area contributed by atoms with Crippen molar-refractivity contribution in [2.45, 2.75) is 0 Å². The highest BCUT2D eigenvalue weighted by atomic mass is 16.3. The quantitative estimate of drug-likeness (QED) is 0.115. The summed E-state index contributed by atoms with van der Waals surface area (Å²) in [6.07, 6.45) is 0. The largest absolute Gasteiger partial charge is 0.455 e. The number of nitrogens with zero attached hydrogens (tertiary/aromatic N) is 4. The van der Waals surface area contributed by atoms with Crippen LogP contribution in [0.5, 0.6) is 0 Å². The molecule has 2 aromatic heterocycles. The van der Waals surface area contributed by atoms with Crippen LogP contribution in [0.25, 0.3) is 141 Å². The average molecular weight is 1400 g/mol. The van der Waals surface area contributed by atoms with Crippen molar-refractivity contribution in [3.05, 3.63) is 400 Å². The van der Waals surface area contributed by atoms with E-state index in [2.05, 4.69) is 420 Å². The van der Waals surface area contributed by atoms with E-state index in [1.807, 2.05) is 0 Å². The number of rotatable bonds is 13. The van der Waals surface area contributed by atoms with Crippen LogP contribution in [0, 0.1) is 0 Å². The second-order valence-electron chi connectivity index (χ2n) is 28.6. The molecule has 0 bridgehead atoms. The second kappa shape index (κ2) is 25.5. The Morgan fingerprint density at radius 3 is 0.755 bits per heavy atom. The van der Waals surface area contributed by atoms with Crippen LogP contribution >= 0.6 is 0 Å². The molecule has 0 aliphatic carbocycles. The number of fused-ring (bicyclic) bond motifs is 18. The summed E-state index contributed by atoms with van der Waals surface area (Å²) in [5.74, 6) is 0. The SMILES string of the molecule is c1ccc(N(c2ccc3ccccc3c2)c2cc3c4cc(N(c5ccc(-c6ccc(N(c7cccc8ccccc78)c7cc8c9cc(N(c%10ccccc%10)c%10cccc%11ccccc%10%11)c%10ccccc%10c9oc8c8ccccc78)cc6)cc5)c5ccc6ccccc6c5)c5ccccc5c4oc3c3ccccc23)cc1. The van der Waals surface area contributed by atoms with E-state index >= 15 is 0 Å². The number of benzene rings is 20. The fraction of sp³-hybridized carbons (Fsp3) is 0. The maximum absolute atomic E-state index is 7.33. The number of para-hydroxylation sites is 2. The van der Waals surface area contributed by atoms with Crippen molar-refractivity contribution in [1.29, 1.82) is 0 Å². The highest BCUT2D eigenvalue weighted by molar-refractivity contribution is 6.28. The summed E-state index contributed by atoms with van der Waals surface area (Å²) in [5, 5.41) is 22.0. The molecule has 0 radical (unpaired) electrons. The zero-order chi connectivity index (χ0) is 72.3. The normalized spacial score (nSPS) is 11.8. The van der Waals surface area contributed by atoms with Gasteiger partial charge in [-0.2, -0.15) is 0 Å². The van der Waals surface area contributed by atoms with Crippen LogP contribution in [0.1, 0.15) is 0 Å². The average Bonchev–Trinajstić information content (AvgIpc) is 1.54. The molecule has 6 nitrogen and oxygen atoms in total. The van der Waals surface area contributed by atoms with Crippen molar-refractivity contribution in [2.75, 3.05) is 19.6 Å². The molecule has 0 saturated carbocycles. The van der Waals surface area contributed by atoms with Crippen molar-refractivity contribution in [3.8, 4) is 11.1 Å². The molecule has 2 heterocycles. The van der Waals surface area contributed by atoms with E-state index in [0.717, 1.165) is 183 Å². The van der Waals surface area contributed by atoms with Crippen LogP contribution in [0.15, 0.2) is 409 Å². The minimum absolute atomic E-state index is 0.851. The molecule has 0 saturated heterocycles. The Morgan fingerprint density at radius 1 is 0.136 bits per heavy atom. The van der Waals surface area contributed by atoms with Crippen molar-refractivity contribution in [1.82, 2.24) is 0 Å². The summed E-state index contributed by atoms with van der Waals surface area (Å²) in [6, 6.07) is 146. The monoisotopic (exact) mass is 1400 g/mol. The molecule has 514 valence electrons. The lowest BCUT2D eigenvalue weighted by Crippen LogP contribution is -2.11. The van der Waals surface area contributed by atoms with Gasteiger partial charge in [0.15, 0.2) is 0 Å². The molecule has 0 atom stereocenters. The van der Waals surface area contributed by atoms with Gasteiger partial charge in [0.05, 0.1) is 34.1 Å². The molecule has 0 fully saturated rings. The predicted molar refractivity (Wildman–Crippen MR) is 465 cm³/mol. The molecule has 0 aliphatic heterocycles. The standard InChI is InChI=1S/C104H66N4O2/c1-3-33-75(34-4-1)105(79-59-53-67-25-7-9-29-73(67)61-79)97-63-91-92-64-98(84-40-16-20-44-88(84)102(92)109-101(91)87-43-19-15-39-83(87)97)106(80-60-54-68-26-8-10-30-74(68)62-80)77-55-49-69(50-56-77)70-51-57-78(58-52-70)108(96-48-24-32-72-28-12-14-38-82(72)96)100-66-94-93-65-99(85-41-17-21-45-89(85)103(93)110-104(94)90-46-22-18-42-86(90)100)107(76-35-5-2-6-36-76)95-47-23-31-71-27-11-13-37-81(71)95/h1-66H. The molecule has 20 aromatic carbocycles. The third kappa shape index (κ3) is 10.2. The Kier molecular flexibility index (Phi) is 14.5. The number of hydrogen-bond acceptors (Lipinski definition) is 6. The molecule has 6 heteroatoms. The van der Waals surface area contributed by atoms with E-state index in [-0.39, 0.29) is 0 Å². The van der Waals surface area contributed by atoms with Crippen molar-refractivity contribution >= 4 is 198 Å². The fourth-order valence-corrected chi connectivity index (χ4v) is 17.4. The van der Waals surface area contributed by atoms with Gasteiger partial charge in [-0.25, -0.2) is 0 Å². The minimum atomic E-state index is 0.851. The summed E-state index contributed by atoms with van der Waals surface area (Å²) < 4.78 is 14.6. The van der Waals surface area contributed by atoms with Crippen LogP contribution < -0.4 is 19.6 Å². The number of hydrogen-bond donors (Lipinski definition) is 0. The Bertz CT molecular complexity index is 7420. The lowest BCUT2D eigenvalue weighted by atomic mass is 9.98. The van der Waals surface area contributed by atoms with Gasteiger partial charge in [-0.1, -0.05) is 291 Å². The van der Waals surface area contributed by atoms with Crippen LogP contribution in [0.4, 0.5) is 68.2 Å². The lowest BCUT2D eigenvalue weighted by Gasteiger charge is -2.29. The second-order valence-corrected chi connectivity index (χ2v) is 28.6. The Balaban J connectivity index is 0.696. The van der Waals surface area contributed by atoms with Gasteiger partial charge >= 0.3 is 0 Å². The van der Waals surface area contributed by atoms with E-state index < -0.39 is 0 Å². The van der Waals surface area contributed by atoms with Crippen LogP contribution in [-0.2, 0) is 0 Å². The molecule has 110 heavy (non-hydrogen) atoms. The Labute approximate surface area is 634 Å². The lowest BCUT2D eigenvalue weighted by molar-refractivity contribution is 0.676. The topological polar surface area (TPSA) is 39.2 Å². The maximum Gasteiger partial charge on any atom is 0.143 e. The molecular formula is C104H66N4O2. The third-order valence-electron chi connectivity index (χ3n) is 22.5. The van der Waals surface area contributed by atoms with E-state index in [1.165, 1.54) is 26.9 Å². The summed E-state index contributed by atoms with van der Waals surface area (Å²) >= 11 is 0. The Hall–Kier alpha value is -14.7. The molecular weight excluding hydrogens is 1340 g/mol. The third-order valence-corrected chi connectivity index (χ3v) is 22.5. The van der Waals surface area contributed by atoms with E-state index in [0.29, 0.717) is 0 Å². The maximum atomic E-state index is 7.33. The van der Waals surface area contributed by atoms with Crippen LogP contribution in [-0.4, -0.2) is 0 Å². The number of anilines is 12. The molecule has 0 spiro atoms. The molecule has 22 aromatic rings. The molecule has 22 rings (SSSR count). The predicted octanol–water partition coefficient (Wildman–Crippen LogP) is 30.3. The van der Waals surface area contributed by atoms with Gasteiger partial charge in [-0.15, -0.1) is 0 Å². The first-order chi connectivity index (χ1) is 54.6. The first kappa shape index (κ1) is 62.6. The minimum Gasteiger partial charge on any atom is -0.455 e. The molecule has 0 unspecified atom stereocenters. The summed E-state index contributed by atoms with van der Waals surface area (Å²) in [4.78, 5) is 9.73. The molecule has 0 aliphatic rings. The summed E-state index contributed by atoms with van der Waals surface area (Å²) in [5.41, 5.74) is 18.3. The zero-order valence-corrected chi connectivity index (χ0v) is 59.7. The van der Waals surface area contributed by atoms with Gasteiger partial charge < -0.3 is 28.4 Å². The van der Waals surface area contributed by atoms with E-state index in [1.54, 1.807) is 0 Å². The van der Waals surface area contributed by atoms with Gasteiger partial charge in [0.1, 0.15) is 22.3 Å². The summed E-state index contributed by atoms with van der Waals surface area (Å²) in [6.45, 7) is 0. The fourth-order valence-electron chi connectivity index (χ4n) is 17.4. The van der Waals surface area contributed by atoms with Crippen LogP contribution in [0.2, 0.25) is 0 Å². The van der Waals surface area contributed by atoms with Crippen molar-refractivity contribution < 1.29 is 8.83 Å². The van der Waals surface area contributed by atoms with Gasteiger partial charge in [-0.3, -0.25) is 0 Å². The number of furan rings is 2. The van der Waals surface area contributed by atoms with Crippen molar-refractivity contribution in [2.24, 2.45) is 0 Å². The van der Waals surface area contributed by atoms with Gasteiger partial charge in [0.2, 0.25) is 0 Å². The van der Waals surface area contributed by atoms with Gasteiger partial charge in [0.25, 0.3) is 0 Å². The first-order valence-electron chi connectivity index (χ1n) is 37.6. The smallest absolute Gasteiger partial charge is 0.143 e. The molecule has 0 N–H and O–H groups in total. The van der Waals surface area contributed by atoms with E-state index in [9.17, 15) is 0 Å². The van der Waals surface area contributed by atoms with E-state index in [4.69, 9.17) is 8.83 Å². The first-order valence-corrected chi connectivity index (χ1v) is 37.6. The highest BCUT2D eigenvalue weighted by Gasteiger charge is 2.29. The zero-order valence-electron chi connectivity index (χ0n) is 59.7. The van der Waals surface area contributed by atoms with Crippen molar-refractivity contribution in [3.63, 3.8) is 0 Å². The summed E-state index contributed by atoms with van der Waals surface area (Å²) in [7, 11) is 0. The Morgan fingerprint density at radius 2 is 0.391 bits per heavy atom. The van der Waals surface area contributed by atoms with Crippen LogP contribution in [0.3, 0.4) is 0 Å². The highest BCUT2D eigenvalue weighted by Crippen LogP contribution is 2.53. The molecule has 0 amide bonds. The van der Waals surface area contributed by atoms with Gasteiger partial charge in [-0.05, 0) is 153 Å². The van der Waals surface area contributed by atoms with Gasteiger partial charge in [0, 0.05) is 110 Å².